The summed E-state index contributed by atoms with van der Waals surface area (Å²) in [7, 11) is 0. The first-order valence-corrected chi connectivity index (χ1v) is 6.65. The first-order valence-electron chi connectivity index (χ1n) is 6.65. The van der Waals surface area contributed by atoms with Crippen molar-refractivity contribution in [3.63, 3.8) is 0 Å². The molecule has 0 radical (unpaired) electrons. The van der Waals surface area contributed by atoms with E-state index in [2.05, 4.69) is 9.97 Å². The lowest BCUT2D eigenvalue weighted by atomic mass is 10.0. The fourth-order valence-corrected chi connectivity index (χ4v) is 2.46. The summed E-state index contributed by atoms with van der Waals surface area (Å²) in [5, 5.41) is 29.2. The summed E-state index contributed by atoms with van der Waals surface area (Å²) in [6, 6.07) is 5.77. The molecule has 2 aromatic heterocycles. The van der Waals surface area contributed by atoms with Crippen molar-refractivity contribution in [2.24, 2.45) is 0 Å². The first-order chi connectivity index (χ1) is 9.65. The van der Waals surface area contributed by atoms with Crippen molar-refractivity contribution >= 4 is 0 Å². The van der Waals surface area contributed by atoms with Crippen LogP contribution in [0.15, 0.2) is 30.6 Å². The third-order valence-electron chi connectivity index (χ3n) is 3.59. The summed E-state index contributed by atoms with van der Waals surface area (Å²) in [5.41, 5.74) is 1.81. The fourth-order valence-electron chi connectivity index (χ4n) is 2.46. The molecule has 106 valence electrons. The minimum absolute atomic E-state index is 0.254. The zero-order valence-corrected chi connectivity index (χ0v) is 10.9. The fraction of sp³-hybridized carbons (Fsp3) is 0.429. The van der Waals surface area contributed by atoms with Crippen LogP contribution in [-0.2, 0) is 19.4 Å². The summed E-state index contributed by atoms with van der Waals surface area (Å²) in [4.78, 5) is 8.60. The predicted octanol–water partition coefficient (Wildman–Crippen LogP) is -0.168. The van der Waals surface area contributed by atoms with Crippen LogP contribution >= 0.6 is 0 Å². The maximum atomic E-state index is 9.89. The van der Waals surface area contributed by atoms with Crippen molar-refractivity contribution in [3.05, 3.63) is 47.8 Å². The van der Waals surface area contributed by atoms with Crippen molar-refractivity contribution in [2.75, 3.05) is 0 Å². The standard InChI is InChI=1S/C14H17N3O3/c18-11-8-17-7-10(16-14(17)13(20)12(11)19)5-4-9-3-1-2-6-15-9/h1-3,6-7,11-13,18-20H,4-5,8H2/t11-,12-,13+/m0/s1. The third-order valence-corrected chi connectivity index (χ3v) is 3.59. The van der Waals surface area contributed by atoms with Gasteiger partial charge >= 0.3 is 0 Å². The van der Waals surface area contributed by atoms with Gasteiger partial charge in [-0.3, -0.25) is 4.98 Å². The van der Waals surface area contributed by atoms with E-state index in [0.29, 0.717) is 12.2 Å². The molecule has 0 aromatic carbocycles. The smallest absolute Gasteiger partial charge is 0.140 e. The van der Waals surface area contributed by atoms with Crippen molar-refractivity contribution in [3.8, 4) is 0 Å². The normalized spacial score (nSPS) is 25.4. The molecule has 0 fully saturated rings. The molecule has 0 aliphatic carbocycles. The first kappa shape index (κ1) is 13.2. The van der Waals surface area contributed by atoms with Gasteiger partial charge in [0.1, 0.15) is 24.1 Å². The Morgan fingerprint density at radius 1 is 1.15 bits per heavy atom. The van der Waals surface area contributed by atoms with Gasteiger partial charge in [0.15, 0.2) is 0 Å². The molecule has 3 atom stereocenters. The molecule has 3 heterocycles. The molecule has 20 heavy (non-hydrogen) atoms. The van der Waals surface area contributed by atoms with Crippen LogP contribution in [0.25, 0.3) is 0 Å². The number of imidazole rings is 1. The summed E-state index contributed by atoms with van der Waals surface area (Å²) < 4.78 is 1.70. The number of fused-ring (bicyclic) bond motifs is 1. The molecule has 0 saturated heterocycles. The number of nitrogens with zero attached hydrogens (tertiary/aromatic N) is 3. The molecule has 3 rings (SSSR count). The van der Waals surface area contributed by atoms with E-state index < -0.39 is 18.3 Å². The highest BCUT2D eigenvalue weighted by atomic mass is 16.4. The van der Waals surface area contributed by atoms with E-state index >= 15 is 0 Å². The molecule has 6 heteroatoms. The number of rotatable bonds is 3. The Bertz CT molecular complexity index is 585. The highest BCUT2D eigenvalue weighted by molar-refractivity contribution is 5.13. The Labute approximate surface area is 116 Å². The van der Waals surface area contributed by atoms with Crippen LogP contribution in [0.3, 0.4) is 0 Å². The topological polar surface area (TPSA) is 91.4 Å². The highest BCUT2D eigenvalue weighted by Gasteiger charge is 2.34. The van der Waals surface area contributed by atoms with Gasteiger partial charge in [0.2, 0.25) is 0 Å². The van der Waals surface area contributed by atoms with Gasteiger partial charge in [0, 0.05) is 18.1 Å². The molecule has 0 saturated carbocycles. The Kier molecular flexibility index (Phi) is 3.52. The molecule has 1 aliphatic heterocycles. The largest absolute Gasteiger partial charge is 0.388 e. The van der Waals surface area contributed by atoms with E-state index in [0.717, 1.165) is 17.8 Å². The second-order valence-electron chi connectivity index (χ2n) is 5.07. The Hall–Kier alpha value is -1.76. The Morgan fingerprint density at radius 3 is 2.70 bits per heavy atom. The molecule has 2 aromatic rings. The van der Waals surface area contributed by atoms with Gasteiger partial charge < -0.3 is 19.9 Å². The van der Waals surface area contributed by atoms with Gasteiger partial charge in [-0.2, -0.15) is 0 Å². The minimum atomic E-state index is -1.17. The monoisotopic (exact) mass is 275 g/mol. The third kappa shape index (κ3) is 2.45. The van der Waals surface area contributed by atoms with Gasteiger partial charge in [-0.05, 0) is 25.0 Å². The van der Waals surface area contributed by atoms with E-state index in [9.17, 15) is 15.3 Å². The molecule has 3 N–H and O–H groups in total. The van der Waals surface area contributed by atoms with Crippen molar-refractivity contribution in [2.45, 2.75) is 37.7 Å². The number of hydrogen-bond donors (Lipinski definition) is 3. The summed E-state index contributed by atoms with van der Waals surface area (Å²) >= 11 is 0. The van der Waals surface area contributed by atoms with E-state index in [4.69, 9.17) is 0 Å². The van der Waals surface area contributed by atoms with Crippen molar-refractivity contribution in [1.82, 2.24) is 14.5 Å². The van der Waals surface area contributed by atoms with Crippen LogP contribution in [0, 0.1) is 0 Å². The van der Waals surface area contributed by atoms with Crippen LogP contribution in [-0.4, -0.2) is 42.1 Å². The quantitative estimate of drug-likeness (QED) is 0.723. The lowest BCUT2D eigenvalue weighted by Crippen LogP contribution is -2.41. The molecule has 0 spiro atoms. The van der Waals surface area contributed by atoms with Crippen molar-refractivity contribution in [1.29, 1.82) is 0 Å². The van der Waals surface area contributed by atoms with Crippen molar-refractivity contribution < 1.29 is 15.3 Å². The van der Waals surface area contributed by atoms with Gasteiger partial charge in [-0.15, -0.1) is 0 Å². The van der Waals surface area contributed by atoms with E-state index in [1.54, 1.807) is 10.8 Å². The second-order valence-corrected chi connectivity index (χ2v) is 5.07. The summed E-state index contributed by atoms with van der Waals surface area (Å²) in [6.45, 7) is 0.254. The number of aliphatic hydroxyl groups is 3. The average molecular weight is 275 g/mol. The zero-order chi connectivity index (χ0) is 14.1. The number of aliphatic hydroxyl groups excluding tert-OH is 3. The van der Waals surface area contributed by atoms with Gasteiger partial charge in [0.05, 0.1) is 12.2 Å². The van der Waals surface area contributed by atoms with E-state index in [1.807, 2.05) is 24.4 Å². The van der Waals surface area contributed by atoms with Gasteiger partial charge in [-0.1, -0.05) is 6.07 Å². The predicted molar refractivity (Wildman–Crippen MR) is 70.8 cm³/mol. The van der Waals surface area contributed by atoms with Gasteiger partial charge in [0.25, 0.3) is 0 Å². The highest BCUT2D eigenvalue weighted by Crippen LogP contribution is 2.25. The molecule has 0 bridgehead atoms. The van der Waals surface area contributed by atoms with Crippen LogP contribution in [0.4, 0.5) is 0 Å². The van der Waals surface area contributed by atoms with Crippen LogP contribution in [0.2, 0.25) is 0 Å². The molecule has 0 amide bonds. The number of hydrogen-bond acceptors (Lipinski definition) is 5. The zero-order valence-electron chi connectivity index (χ0n) is 10.9. The van der Waals surface area contributed by atoms with E-state index in [-0.39, 0.29) is 6.54 Å². The van der Waals surface area contributed by atoms with Crippen LogP contribution in [0.5, 0.6) is 0 Å². The molecule has 6 nitrogen and oxygen atoms in total. The lowest BCUT2D eigenvalue weighted by Gasteiger charge is -2.28. The minimum Gasteiger partial charge on any atom is -0.388 e. The van der Waals surface area contributed by atoms with Crippen LogP contribution < -0.4 is 0 Å². The molecule has 0 unspecified atom stereocenters. The maximum Gasteiger partial charge on any atom is 0.140 e. The number of aromatic nitrogens is 3. The lowest BCUT2D eigenvalue weighted by molar-refractivity contribution is -0.0854. The maximum absolute atomic E-state index is 9.89. The summed E-state index contributed by atoms with van der Waals surface area (Å²) in [6.07, 6.45) is 1.76. The number of aryl methyl sites for hydroxylation is 2. The molecular formula is C14H17N3O3. The Balaban J connectivity index is 1.74. The number of pyridine rings is 1. The SMILES string of the molecule is O[C@H]1[C@@H](O)Cn2cc(CCc3ccccn3)nc2[C@@H]1O. The second kappa shape index (κ2) is 5.32. The van der Waals surface area contributed by atoms with Crippen LogP contribution in [0.1, 0.15) is 23.3 Å². The Morgan fingerprint density at radius 2 is 1.95 bits per heavy atom. The average Bonchev–Trinajstić information content (AvgIpc) is 2.87. The molecular weight excluding hydrogens is 258 g/mol. The van der Waals surface area contributed by atoms with E-state index in [1.165, 1.54) is 0 Å². The molecule has 1 aliphatic rings. The summed E-state index contributed by atoms with van der Waals surface area (Å²) in [5.74, 6) is 0.416. The van der Waals surface area contributed by atoms with Gasteiger partial charge in [-0.25, -0.2) is 4.98 Å².